The molecule has 294 valence electrons. The second kappa shape index (κ2) is 14.0. The zero-order valence-corrected chi connectivity index (χ0v) is 33.7. The van der Waals surface area contributed by atoms with Gasteiger partial charge in [0, 0.05) is 65.8 Å². The van der Waals surface area contributed by atoms with Crippen LogP contribution in [0.15, 0.2) is 215 Å². The summed E-state index contributed by atoms with van der Waals surface area (Å²) in [7, 11) is 0. The second-order valence-electron chi connectivity index (χ2n) is 15.9. The average Bonchev–Trinajstić information content (AvgIpc) is 4.04. The first-order valence-corrected chi connectivity index (χ1v) is 21.1. The van der Waals surface area contributed by atoms with Gasteiger partial charge in [-0.3, -0.25) is 0 Å². The highest BCUT2D eigenvalue weighted by Gasteiger charge is 2.23. The minimum Gasteiger partial charge on any atom is -0.456 e. The number of hydrogen-bond donors (Lipinski definition) is 0. The second-order valence-corrected chi connectivity index (χ2v) is 15.9. The molecule has 0 saturated carbocycles. The maximum atomic E-state index is 6.92. The molecule has 0 atom stereocenters. The number of hydrogen-bond acceptors (Lipinski definition) is 5. The molecule has 0 unspecified atom stereocenters. The smallest absolute Gasteiger partial charge is 0.164 e. The fourth-order valence-electron chi connectivity index (χ4n) is 9.49. The van der Waals surface area contributed by atoms with Gasteiger partial charge >= 0.3 is 0 Å². The molecule has 0 bridgehead atoms. The monoisotopic (exact) mass is 806 g/mol. The maximum absolute atomic E-state index is 6.92. The zero-order valence-electron chi connectivity index (χ0n) is 33.7. The van der Waals surface area contributed by atoms with E-state index in [-0.39, 0.29) is 0 Å². The van der Waals surface area contributed by atoms with Crippen molar-refractivity contribution in [3.8, 4) is 62.1 Å². The van der Waals surface area contributed by atoms with E-state index >= 15 is 0 Å². The van der Waals surface area contributed by atoms with E-state index < -0.39 is 0 Å². The molecule has 0 N–H and O–H groups in total. The molecule has 4 heterocycles. The summed E-state index contributed by atoms with van der Waals surface area (Å²) in [5.74, 6) is 1.69. The minimum absolute atomic E-state index is 0.551. The summed E-state index contributed by atoms with van der Waals surface area (Å²) < 4.78 is 15.8. The lowest BCUT2D eigenvalue weighted by Crippen LogP contribution is -2.00. The predicted molar refractivity (Wildman–Crippen MR) is 256 cm³/mol. The predicted octanol–water partition coefficient (Wildman–Crippen LogP) is 15.1. The molecule has 0 amide bonds. The van der Waals surface area contributed by atoms with Crippen LogP contribution < -0.4 is 0 Å². The minimum atomic E-state index is 0.551. The van der Waals surface area contributed by atoms with E-state index in [1.165, 1.54) is 10.8 Å². The van der Waals surface area contributed by atoms with Gasteiger partial charge in [0.2, 0.25) is 0 Å². The van der Waals surface area contributed by atoms with Crippen LogP contribution in [0.2, 0.25) is 0 Å². The first-order chi connectivity index (χ1) is 31.2. The molecule has 13 aromatic rings. The van der Waals surface area contributed by atoms with Crippen molar-refractivity contribution < 1.29 is 8.83 Å². The number of nitrogens with zero attached hydrogens (tertiary/aromatic N) is 4. The number of para-hydroxylation sites is 4. The number of rotatable bonds is 6. The molecule has 0 saturated heterocycles. The fourth-order valence-corrected chi connectivity index (χ4v) is 9.49. The lowest BCUT2D eigenvalue weighted by molar-refractivity contribution is 0.669. The molecule has 0 aliphatic heterocycles. The molecule has 0 radical (unpaired) electrons. The van der Waals surface area contributed by atoms with E-state index in [0.717, 1.165) is 99.5 Å². The highest BCUT2D eigenvalue weighted by Crippen LogP contribution is 2.44. The zero-order chi connectivity index (χ0) is 41.4. The number of furan rings is 2. The number of fused-ring (bicyclic) bond motifs is 9. The lowest BCUT2D eigenvalue weighted by Gasteiger charge is -2.12. The standard InChI is InChI=1S/C57H34N4O2/c1-4-16-35(17-5-1)39-23-14-30-48-51(39)44-33-32-37(34-50(44)62-48)56-58-55(36-18-6-2-7-19-36)59-57(60-56)46-28-15-31-49-52(46)45-27-13-26-43(54(45)63-49)42-25-12-24-41-40-22-10-11-29-47(40)61(53(41)42)38-20-8-3-9-21-38/h1-34H. The van der Waals surface area contributed by atoms with Gasteiger partial charge in [0.25, 0.3) is 0 Å². The summed E-state index contributed by atoms with van der Waals surface area (Å²) in [4.78, 5) is 15.5. The van der Waals surface area contributed by atoms with Crippen LogP contribution in [-0.2, 0) is 0 Å². The number of benzene rings is 9. The molecule has 0 aliphatic rings. The Morgan fingerprint density at radius 1 is 0.333 bits per heavy atom. The highest BCUT2D eigenvalue weighted by molar-refractivity contribution is 6.19. The van der Waals surface area contributed by atoms with Crippen molar-refractivity contribution in [3.63, 3.8) is 0 Å². The van der Waals surface area contributed by atoms with Crippen molar-refractivity contribution in [2.75, 3.05) is 0 Å². The summed E-state index contributed by atoms with van der Waals surface area (Å²) in [5.41, 5.74) is 13.5. The van der Waals surface area contributed by atoms with Crippen molar-refractivity contribution in [3.05, 3.63) is 206 Å². The van der Waals surface area contributed by atoms with Crippen LogP contribution in [0.3, 0.4) is 0 Å². The Kier molecular flexibility index (Phi) is 7.80. The van der Waals surface area contributed by atoms with Crippen LogP contribution in [0.1, 0.15) is 0 Å². The van der Waals surface area contributed by atoms with Crippen LogP contribution >= 0.6 is 0 Å². The Morgan fingerprint density at radius 3 is 1.70 bits per heavy atom. The molecule has 6 nitrogen and oxygen atoms in total. The van der Waals surface area contributed by atoms with Crippen molar-refractivity contribution in [2.45, 2.75) is 0 Å². The Morgan fingerprint density at radius 2 is 0.905 bits per heavy atom. The Labute approximate surface area is 361 Å². The molecule has 6 heteroatoms. The first-order valence-electron chi connectivity index (χ1n) is 21.1. The van der Waals surface area contributed by atoms with Gasteiger partial charge in [-0.1, -0.05) is 164 Å². The SMILES string of the molecule is c1ccc(-c2nc(-c3ccc4c(c3)oc3cccc(-c5ccccc5)c34)nc(-c3cccc4oc5c(-c6cccc7c8ccccc8n(-c8ccccc8)c67)cccc5c34)n2)cc1. The third-order valence-electron chi connectivity index (χ3n) is 12.3. The first kappa shape index (κ1) is 35.2. The average molecular weight is 807 g/mol. The van der Waals surface area contributed by atoms with Crippen LogP contribution in [-0.4, -0.2) is 19.5 Å². The molecular formula is C57H34N4O2. The molecule has 0 aliphatic carbocycles. The normalized spacial score (nSPS) is 11.8. The van der Waals surface area contributed by atoms with E-state index in [1.807, 2.05) is 66.7 Å². The quantitative estimate of drug-likeness (QED) is 0.167. The van der Waals surface area contributed by atoms with E-state index in [4.69, 9.17) is 23.8 Å². The van der Waals surface area contributed by atoms with Crippen LogP contribution in [0, 0.1) is 0 Å². The third kappa shape index (κ3) is 5.55. The van der Waals surface area contributed by atoms with Gasteiger partial charge in [0.15, 0.2) is 17.5 Å². The fraction of sp³-hybridized carbons (Fsp3) is 0. The topological polar surface area (TPSA) is 69.9 Å². The van der Waals surface area contributed by atoms with Crippen molar-refractivity contribution in [1.29, 1.82) is 0 Å². The van der Waals surface area contributed by atoms with Crippen LogP contribution in [0.25, 0.3) is 128 Å². The van der Waals surface area contributed by atoms with Crippen LogP contribution in [0.5, 0.6) is 0 Å². The maximum Gasteiger partial charge on any atom is 0.164 e. The van der Waals surface area contributed by atoms with E-state index in [2.05, 4.69) is 144 Å². The highest BCUT2D eigenvalue weighted by atomic mass is 16.3. The van der Waals surface area contributed by atoms with E-state index in [1.54, 1.807) is 0 Å². The Bertz CT molecular complexity index is 3900. The molecule has 13 rings (SSSR count). The van der Waals surface area contributed by atoms with Gasteiger partial charge in [-0.15, -0.1) is 0 Å². The molecule has 0 spiro atoms. The molecule has 0 fully saturated rings. The lowest BCUT2D eigenvalue weighted by atomic mass is 9.98. The summed E-state index contributed by atoms with van der Waals surface area (Å²) in [6.07, 6.45) is 0. The summed E-state index contributed by atoms with van der Waals surface area (Å²) in [6.45, 7) is 0. The van der Waals surface area contributed by atoms with Gasteiger partial charge < -0.3 is 13.4 Å². The summed E-state index contributed by atoms with van der Waals surface area (Å²) in [5, 5.41) is 6.44. The van der Waals surface area contributed by atoms with Gasteiger partial charge in [-0.05, 0) is 53.6 Å². The van der Waals surface area contributed by atoms with Crippen molar-refractivity contribution in [2.24, 2.45) is 0 Å². The van der Waals surface area contributed by atoms with Gasteiger partial charge in [-0.25, -0.2) is 15.0 Å². The van der Waals surface area contributed by atoms with E-state index in [9.17, 15) is 0 Å². The Hall–Kier alpha value is -8.61. The van der Waals surface area contributed by atoms with Gasteiger partial charge in [0.05, 0.1) is 11.0 Å². The van der Waals surface area contributed by atoms with Gasteiger partial charge in [-0.2, -0.15) is 0 Å². The molecule has 4 aromatic heterocycles. The third-order valence-corrected chi connectivity index (χ3v) is 12.3. The largest absolute Gasteiger partial charge is 0.456 e. The molecular weight excluding hydrogens is 773 g/mol. The van der Waals surface area contributed by atoms with E-state index in [0.29, 0.717) is 17.5 Å². The summed E-state index contributed by atoms with van der Waals surface area (Å²) >= 11 is 0. The Balaban J connectivity index is 1.01. The summed E-state index contributed by atoms with van der Waals surface area (Å²) in [6, 6.07) is 71.3. The van der Waals surface area contributed by atoms with Gasteiger partial charge in [0.1, 0.15) is 22.3 Å². The molecule has 9 aromatic carbocycles. The number of aromatic nitrogens is 4. The van der Waals surface area contributed by atoms with Crippen LogP contribution in [0.4, 0.5) is 0 Å². The van der Waals surface area contributed by atoms with Crippen molar-refractivity contribution >= 4 is 65.7 Å². The molecule has 63 heavy (non-hydrogen) atoms. The van der Waals surface area contributed by atoms with Crippen molar-refractivity contribution in [1.82, 2.24) is 19.5 Å².